The number of nitrogens with one attached hydrogen (secondary N) is 3. The third-order valence-electron chi connectivity index (χ3n) is 9.94. The lowest BCUT2D eigenvalue weighted by Gasteiger charge is -2.36. The van der Waals surface area contributed by atoms with Gasteiger partial charge in [-0.3, -0.25) is 24.0 Å². The highest BCUT2D eigenvalue weighted by Gasteiger charge is 2.59. The van der Waals surface area contributed by atoms with Gasteiger partial charge in [0.1, 0.15) is 12.1 Å². The van der Waals surface area contributed by atoms with Crippen LogP contribution < -0.4 is 16.0 Å². The van der Waals surface area contributed by atoms with Crippen LogP contribution >= 0.6 is 11.6 Å². The maximum atomic E-state index is 14.5. The van der Waals surface area contributed by atoms with E-state index in [2.05, 4.69) is 21.1 Å². The van der Waals surface area contributed by atoms with Gasteiger partial charge in [-0.25, -0.2) is 0 Å². The minimum absolute atomic E-state index is 0.0467. The Morgan fingerprint density at radius 1 is 1.04 bits per heavy atom. The number of oxime groups is 1. The third kappa shape index (κ3) is 6.73. The van der Waals surface area contributed by atoms with Crippen molar-refractivity contribution >= 4 is 46.7 Å². The van der Waals surface area contributed by atoms with E-state index in [0.29, 0.717) is 17.2 Å². The molecule has 12 heteroatoms. The summed E-state index contributed by atoms with van der Waals surface area (Å²) in [5.41, 5.74) is -0.206. The van der Waals surface area contributed by atoms with Crippen LogP contribution in [0.2, 0.25) is 5.02 Å². The number of Topliss-reactive ketones (excluding diaryl/α,β-unsaturated/α-hetero) is 1. The predicted octanol–water partition coefficient (Wildman–Crippen LogP) is 3.13. The Morgan fingerprint density at radius 2 is 1.76 bits per heavy atom. The molecule has 0 bridgehead atoms. The molecule has 4 amide bonds. The lowest BCUT2D eigenvalue weighted by Crippen LogP contribution is -2.59. The molecular weight excluding hydrogens is 598 g/mol. The highest BCUT2D eigenvalue weighted by atomic mass is 35.5. The topological polar surface area (TPSA) is 146 Å². The van der Waals surface area contributed by atoms with Crippen LogP contribution in [0.15, 0.2) is 29.4 Å². The molecule has 244 valence electrons. The molecular formula is C33H44ClN5O6. The van der Waals surface area contributed by atoms with Crippen LogP contribution in [0.3, 0.4) is 0 Å². The molecule has 4 aliphatic rings. The molecule has 1 aromatic carbocycles. The summed E-state index contributed by atoms with van der Waals surface area (Å²) in [6, 6.07) is 4.16. The van der Waals surface area contributed by atoms with Crippen LogP contribution in [0.4, 0.5) is 0 Å². The van der Waals surface area contributed by atoms with Crippen molar-refractivity contribution < 1.29 is 28.8 Å². The Kier molecular flexibility index (Phi) is 9.05. The van der Waals surface area contributed by atoms with Gasteiger partial charge in [0, 0.05) is 36.4 Å². The normalized spacial score (nSPS) is 26.4. The second kappa shape index (κ2) is 12.4. The molecule has 45 heavy (non-hydrogen) atoms. The first-order valence-corrected chi connectivity index (χ1v) is 16.2. The zero-order valence-corrected chi connectivity index (χ0v) is 27.5. The van der Waals surface area contributed by atoms with E-state index in [1.165, 1.54) is 25.3 Å². The second-order valence-corrected chi connectivity index (χ2v) is 14.8. The van der Waals surface area contributed by atoms with Crippen molar-refractivity contribution in [3.8, 4) is 0 Å². The molecule has 5 rings (SSSR count). The minimum atomic E-state index is -1.12. The largest absolute Gasteiger partial charge is 0.387 e. The van der Waals surface area contributed by atoms with Gasteiger partial charge in [-0.1, -0.05) is 68.9 Å². The lowest BCUT2D eigenvalue weighted by molar-refractivity contribution is -0.145. The van der Waals surface area contributed by atoms with Crippen molar-refractivity contribution in [1.29, 1.82) is 0 Å². The summed E-state index contributed by atoms with van der Waals surface area (Å²) in [5.74, 6) is -2.86. The van der Waals surface area contributed by atoms with Crippen molar-refractivity contribution in [2.45, 2.75) is 103 Å². The van der Waals surface area contributed by atoms with Gasteiger partial charge in [-0.2, -0.15) is 0 Å². The summed E-state index contributed by atoms with van der Waals surface area (Å²) in [6.45, 7) is 7.13. The Morgan fingerprint density at radius 3 is 2.40 bits per heavy atom. The molecule has 2 aliphatic carbocycles. The van der Waals surface area contributed by atoms with Crippen LogP contribution in [0.5, 0.6) is 0 Å². The van der Waals surface area contributed by atoms with Gasteiger partial charge in [-0.05, 0) is 49.1 Å². The summed E-state index contributed by atoms with van der Waals surface area (Å²) >= 11 is 6.21. The fourth-order valence-corrected chi connectivity index (χ4v) is 7.42. The van der Waals surface area contributed by atoms with E-state index in [9.17, 15) is 24.0 Å². The Bertz CT molecular complexity index is 1420. The average Bonchev–Trinajstić information content (AvgIpc) is 3.34. The maximum Gasteiger partial charge on any atom is 0.289 e. The quantitative estimate of drug-likeness (QED) is 0.372. The number of carbonyl (C=O) groups is 5. The number of halogens is 1. The zero-order chi connectivity index (χ0) is 32.7. The SMILES string of the molecule is CNC(=O)C(=O)[C@H](C)NC(=O)[C@@H]1C[C@]2(CC(c3cccc(Cl)c3)=NO2)CN1C(=O)[C@@H](NC(=O)[C@@H]1CC12CCCCC2)C(C)(C)C. The molecule has 2 spiro atoms. The van der Waals surface area contributed by atoms with E-state index in [-0.39, 0.29) is 30.2 Å². The zero-order valence-electron chi connectivity index (χ0n) is 26.7. The summed E-state index contributed by atoms with van der Waals surface area (Å²) in [7, 11) is 1.34. The molecule has 3 N–H and O–H groups in total. The first-order chi connectivity index (χ1) is 21.2. The van der Waals surface area contributed by atoms with Crippen LogP contribution in [0, 0.1) is 16.7 Å². The number of benzene rings is 1. The summed E-state index contributed by atoms with van der Waals surface area (Å²) in [4.78, 5) is 73.6. The van der Waals surface area contributed by atoms with Crippen molar-refractivity contribution in [3.63, 3.8) is 0 Å². The van der Waals surface area contributed by atoms with Gasteiger partial charge in [0.05, 0.1) is 18.3 Å². The van der Waals surface area contributed by atoms with Crippen LogP contribution in [-0.4, -0.2) is 77.3 Å². The first-order valence-electron chi connectivity index (χ1n) is 15.9. The van der Waals surface area contributed by atoms with Crippen molar-refractivity contribution in [1.82, 2.24) is 20.9 Å². The monoisotopic (exact) mass is 641 g/mol. The molecule has 0 radical (unpaired) electrons. The van der Waals surface area contributed by atoms with Crippen molar-refractivity contribution in [3.05, 3.63) is 34.9 Å². The number of rotatable bonds is 8. The number of nitrogens with zero attached hydrogens (tertiary/aromatic N) is 2. The number of amides is 4. The number of carbonyl (C=O) groups excluding carboxylic acids is 5. The van der Waals surface area contributed by atoms with Gasteiger partial charge < -0.3 is 25.7 Å². The number of likely N-dealkylation sites (tertiary alicyclic amines) is 1. The van der Waals surface area contributed by atoms with E-state index in [1.54, 1.807) is 12.1 Å². The average molecular weight is 642 g/mol. The molecule has 0 aromatic heterocycles. The number of likely N-dealkylation sites (N-methyl/N-ethyl adjacent to an activating group) is 1. The number of hydrogen-bond donors (Lipinski definition) is 3. The molecule has 2 heterocycles. The third-order valence-corrected chi connectivity index (χ3v) is 10.2. The molecule has 5 atom stereocenters. The Balaban J connectivity index is 1.38. The predicted molar refractivity (Wildman–Crippen MR) is 168 cm³/mol. The summed E-state index contributed by atoms with van der Waals surface area (Å²) in [5, 5.41) is 12.8. The standard InChI is InChI=1S/C33H44ClN5O6/c1-19(25(40)29(43)35-5)36-28(42)24-17-33(16-23(38-45-33)20-10-9-11-21(34)14-20)18-39(24)30(44)26(31(2,3)4)37-27(41)22-15-32(22)12-7-6-8-13-32/h9-11,14,19,22,24,26H,6-8,12-13,15-18H2,1-5H3,(H,35,43)(H,36,42)(H,37,41)/t19-,22-,24-,26+,33+/m0/s1. The van der Waals surface area contributed by atoms with E-state index < -0.39 is 52.6 Å². The fraction of sp³-hybridized carbons (Fsp3) is 0.636. The smallest absolute Gasteiger partial charge is 0.289 e. The highest BCUT2D eigenvalue weighted by molar-refractivity contribution is 6.38. The molecule has 11 nitrogen and oxygen atoms in total. The van der Waals surface area contributed by atoms with E-state index in [4.69, 9.17) is 16.4 Å². The van der Waals surface area contributed by atoms with E-state index in [0.717, 1.165) is 37.7 Å². The van der Waals surface area contributed by atoms with Crippen LogP contribution in [-0.2, 0) is 28.8 Å². The van der Waals surface area contributed by atoms with E-state index in [1.807, 2.05) is 32.9 Å². The van der Waals surface area contributed by atoms with Crippen molar-refractivity contribution in [2.75, 3.05) is 13.6 Å². The van der Waals surface area contributed by atoms with Gasteiger partial charge in [-0.15, -0.1) is 0 Å². The molecule has 1 aromatic rings. The lowest BCUT2D eigenvalue weighted by atomic mass is 9.83. The molecule has 2 aliphatic heterocycles. The second-order valence-electron chi connectivity index (χ2n) is 14.3. The van der Waals surface area contributed by atoms with E-state index >= 15 is 0 Å². The Hall–Kier alpha value is -3.47. The molecule has 2 saturated carbocycles. The van der Waals surface area contributed by atoms with Gasteiger partial charge in [0.2, 0.25) is 23.5 Å². The van der Waals surface area contributed by atoms with Gasteiger partial charge in [0.25, 0.3) is 5.91 Å². The minimum Gasteiger partial charge on any atom is -0.387 e. The summed E-state index contributed by atoms with van der Waals surface area (Å²) in [6.07, 6.45) is 6.79. The highest BCUT2D eigenvalue weighted by Crippen LogP contribution is 2.61. The number of hydrogen-bond acceptors (Lipinski definition) is 7. The first kappa shape index (κ1) is 32.9. The van der Waals surface area contributed by atoms with Gasteiger partial charge in [0.15, 0.2) is 5.60 Å². The molecule has 0 unspecified atom stereocenters. The van der Waals surface area contributed by atoms with Crippen LogP contribution in [0.25, 0.3) is 0 Å². The van der Waals surface area contributed by atoms with Crippen molar-refractivity contribution in [2.24, 2.45) is 21.9 Å². The molecule has 1 saturated heterocycles. The fourth-order valence-electron chi connectivity index (χ4n) is 7.23. The summed E-state index contributed by atoms with van der Waals surface area (Å²) < 4.78 is 0. The van der Waals surface area contributed by atoms with Gasteiger partial charge >= 0.3 is 0 Å². The maximum absolute atomic E-state index is 14.5. The Labute approximate surface area is 269 Å². The number of ketones is 1. The van der Waals surface area contributed by atoms with Crippen LogP contribution in [0.1, 0.15) is 84.6 Å². The molecule has 3 fully saturated rings.